The molecule has 7 nitrogen and oxygen atoms in total. The van der Waals surface area contributed by atoms with E-state index in [-0.39, 0.29) is 24.5 Å². The number of carbonyl (C=O) groups is 2. The molecule has 2 atom stereocenters. The zero-order valence-electron chi connectivity index (χ0n) is 14.5. The van der Waals surface area contributed by atoms with Gasteiger partial charge in [0.1, 0.15) is 0 Å². The van der Waals surface area contributed by atoms with Crippen LogP contribution in [-0.2, 0) is 24.3 Å². The molecular weight excluding hydrogens is 332 g/mol. The van der Waals surface area contributed by atoms with E-state index in [0.717, 1.165) is 19.3 Å². The third kappa shape index (κ3) is 5.44. The van der Waals surface area contributed by atoms with E-state index >= 15 is 0 Å². The smallest absolute Gasteiger partial charge is 0.309 e. The second-order valence-corrected chi connectivity index (χ2v) is 8.96. The van der Waals surface area contributed by atoms with Crippen molar-refractivity contribution in [3.05, 3.63) is 0 Å². The van der Waals surface area contributed by atoms with Gasteiger partial charge in [-0.1, -0.05) is 19.8 Å². The highest BCUT2D eigenvalue weighted by Gasteiger charge is 2.30. The summed E-state index contributed by atoms with van der Waals surface area (Å²) in [6.07, 6.45) is 6.46. The Bertz CT molecular complexity index is 555. The van der Waals surface area contributed by atoms with Crippen LogP contribution in [0.5, 0.6) is 0 Å². The number of carbonyl (C=O) groups excluding carboxylic acids is 2. The van der Waals surface area contributed by atoms with Crippen LogP contribution in [0.1, 0.15) is 45.4 Å². The van der Waals surface area contributed by atoms with Gasteiger partial charge in [-0.25, -0.2) is 12.7 Å². The third-order valence-electron chi connectivity index (χ3n) is 5.06. The summed E-state index contributed by atoms with van der Waals surface area (Å²) in [5.41, 5.74) is 0. The molecule has 1 saturated carbocycles. The zero-order chi connectivity index (χ0) is 17.7. The minimum atomic E-state index is -3.21. The minimum Gasteiger partial charge on any atom is -0.455 e. The number of hydrogen-bond acceptors (Lipinski definition) is 5. The molecule has 0 spiro atoms. The molecule has 1 heterocycles. The lowest BCUT2D eigenvalue weighted by molar-refractivity contribution is -0.154. The first-order chi connectivity index (χ1) is 11.3. The van der Waals surface area contributed by atoms with Gasteiger partial charge < -0.3 is 10.1 Å². The predicted molar refractivity (Wildman–Crippen MR) is 89.7 cm³/mol. The number of nitrogens with zero attached hydrogens (tertiary/aromatic N) is 1. The van der Waals surface area contributed by atoms with Crippen molar-refractivity contribution in [2.24, 2.45) is 11.8 Å². The molecule has 0 aromatic heterocycles. The molecule has 1 N–H and O–H groups in total. The van der Waals surface area contributed by atoms with Crippen molar-refractivity contribution in [2.75, 3.05) is 26.0 Å². The number of rotatable bonds is 5. The lowest BCUT2D eigenvalue weighted by atomic mass is 9.86. The van der Waals surface area contributed by atoms with Gasteiger partial charge in [0.25, 0.3) is 5.91 Å². The topological polar surface area (TPSA) is 92.8 Å². The van der Waals surface area contributed by atoms with Gasteiger partial charge in [-0.15, -0.1) is 0 Å². The highest BCUT2D eigenvalue weighted by molar-refractivity contribution is 7.88. The van der Waals surface area contributed by atoms with Crippen molar-refractivity contribution in [1.82, 2.24) is 9.62 Å². The summed E-state index contributed by atoms with van der Waals surface area (Å²) in [5, 5.41) is 2.95. The molecule has 1 saturated heterocycles. The number of hydrogen-bond donors (Lipinski definition) is 1. The summed E-state index contributed by atoms with van der Waals surface area (Å²) >= 11 is 0. The van der Waals surface area contributed by atoms with Crippen LogP contribution >= 0.6 is 0 Å². The summed E-state index contributed by atoms with van der Waals surface area (Å²) in [6.45, 7) is 2.52. The van der Waals surface area contributed by atoms with Crippen molar-refractivity contribution in [1.29, 1.82) is 0 Å². The predicted octanol–water partition coefficient (Wildman–Crippen LogP) is 0.896. The van der Waals surface area contributed by atoms with Crippen LogP contribution < -0.4 is 5.32 Å². The Kier molecular flexibility index (Phi) is 6.62. The van der Waals surface area contributed by atoms with E-state index in [0.29, 0.717) is 31.8 Å². The molecule has 0 aromatic rings. The number of ether oxygens (including phenoxy) is 1. The highest BCUT2D eigenvalue weighted by atomic mass is 32.2. The van der Waals surface area contributed by atoms with E-state index in [9.17, 15) is 18.0 Å². The Morgan fingerprint density at radius 3 is 2.33 bits per heavy atom. The van der Waals surface area contributed by atoms with Gasteiger partial charge in [-0.05, 0) is 31.6 Å². The summed E-state index contributed by atoms with van der Waals surface area (Å²) in [4.78, 5) is 24.0. The lowest BCUT2D eigenvalue weighted by Gasteiger charge is -2.30. The SMILES string of the molecule is C[C@@H]1CCCC[C@@H]1NC(=O)COC(=O)C1CCN(S(C)(=O)=O)CC1. The number of esters is 1. The Hall–Kier alpha value is -1.15. The summed E-state index contributed by atoms with van der Waals surface area (Å²) in [7, 11) is -3.21. The molecule has 1 aliphatic heterocycles. The lowest BCUT2D eigenvalue weighted by Crippen LogP contribution is -2.43. The van der Waals surface area contributed by atoms with Crippen LogP contribution in [0.25, 0.3) is 0 Å². The van der Waals surface area contributed by atoms with E-state index in [1.807, 2.05) is 0 Å². The van der Waals surface area contributed by atoms with E-state index in [4.69, 9.17) is 4.74 Å². The average molecular weight is 360 g/mol. The Balaban J connectivity index is 1.70. The zero-order valence-corrected chi connectivity index (χ0v) is 15.3. The molecular formula is C16H28N2O5S. The van der Waals surface area contributed by atoms with Crippen LogP contribution in [0.4, 0.5) is 0 Å². The normalized spacial score (nSPS) is 26.8. The first-order valence-electron chi connectivity index (χ1n) is 8.68. The number of nitrogens with one attached hydrogen (secondary N) is 1. The second kappa shape index (κ2) is 8.29. The van der Waals surface area contributed by atoms with E-state index in [2.05, 4.69) is 12.2 Å². The molecule has 0 bridgehead atoms. The Morgan fingerprint density at radius 2 is 1.75 bits per heavy atom. The average Bonchev–Trinajstić information content (AvgIpc) is 2.54. The third-order valence-corrected chi connectivity index (χ3v) is 6.36. The van der Waals surface area contributed by atoms with E-state index < -0.39 is 16.0 Å². The Morgan fingerprint density at radius 1 is 1.12 bits per heavy atom. The maximum absolute atomic E-state index is 12.0. The van der Waals surface area contributed by atoms with Crippen molar-refractivity contribution >= 4 is 21.9 Å². The molecule has 138 valence electrons. The molecule has 1 amide bonds. The molecule has 0 unspecified atom stereocenters. The fourth-order valence-corrected chi connectivity index (χ4v) is 4.33. The highest BCUT2D eigenvalue weighted by Crippen LogP contribution is 2.24. The molecule has 0 aromatic carbocycles. The molecule has 1 aliphatic carbocycles. The Labute approximate surface area is 144 Å². The van der Waals surface area contributed by atoms with Crippen LogP contribution in [0.15, 0.2) is 0 Å². The first kappa shape index (κ1) is 19.2. The number of amides is 1. The second-order valence-electron chi connectivity index (χ2n) is 6.98. The van der Waals surface area contributed by atoms with Gasteiger partial charge in [0.05, 0.1) is 12.2 Å². The standard InChI is InChI=1S/C16H28N2O5S/c1-12-5-3-4-6-14(12)17-15(19)11-23-16(20)13-7-9-18(10-8-13)24(2,21)22/h12-14H,3-11H2,1-2H3,(H,17,19)/t12-,14+/m1/s1. The van der Waals surface area contributed by atoms with Crippen LogP contribution in [0.3, 0.4) is 0 Å². The van der Waals surface area contributed by atoms with Gasteiger partial charge in [0.2, 0.25) is 10.0 Å². The first-order valence-corrected chi connectivity index (χ1v) is 10.5. The molecule has 2 fully saturated rings. The van der Waals surface area contributed by atoms with Gasteiger partial charge in [-0.3, -0.25) is 9.59 Å². The summed E-state index contributed by atoms with van der Waals surface area (Å²) < 4.78 is 29.4. The van der Waals surface area contributed by atoms with Gasteiger partial charge in [0.15, 0.2) is 6.61 Å². The van der Waals surface area contributed by atoms with Gasteiger partial charge in [0, 0.05) is 19.1 Å². The molecule has 2 rings (SSSR count). The quantitative estimate of drug-likeness (QED) is 0.735. The van der Waals surface area contributed by atoms with Crippen molar-refractivity contribution in [3.63, 3.8) is 0 Å². The van der Waals surface area contributed by atoms with Crippen molar-refractivity contribution < 1.29 is 22.7 Å². The number of sulfonamides is 1. The molecule has 24 heavy (non-hydrogen) atoms. The van der Waals surface area contributed by atoms with Crippen molar-refractivity contribution in [3.8, 4) is 0 Å². The van der Waals surface area contributed by atoms with Crippen LogP contribution in [0.2, 0.25) is 0 Å². The molecule has 2 aliphatic rings. The van der Waals surface area contributed by atoms with Crippen LogP contribution in [0, 0.1) is 11.8 Å². The monoisotopic (exact) mass is 360 g/mol. The maximum Gasteiger partial charge on any atom is 0.309 e. The summed E-state index contributed by atoms with van der Waals surface area (Å²) in [6, 6.07) is 0.169. The van der Waals surface area contributed by atoms with Gasteiger partial charge in [-0.2, -0.15) is 0 Å². The summed E-state index contributed by atoms with van der Waals surface area (Å²) in [5.74, 6) is -0.534. The van der Waals surface area contributed by atoms with E-state index in [1.165, 1.54) is 17.0 Å². The number of piperidine rings is 1. The minimum absolute atomic E-state index is 0.169. The fraction of sp³-hybridized carbons (Fsp3) is 0.875. The van der Waals surface area contributed by atoms with E-state index in [1.54, 1.807) is 0 Å². The fourth-order valence-electron chi connectivity index (χ4n) is 3.46. The maximum atomic E-state index is 12.0. The van der Waals surface area contributed by atoms with Crippen molar-refractivity contribution in [2.45, 2.75) is 51.5 Å². The van der Waals surface area contributed by atoms with Gasteiger partial charge >= 0.3 is 5.97 Å². The molecule has 8 heteroatoms. The van der Waals surface area contributed by atoms with Crippen LogP contribution in [-0.4, -0.2) is 56.6 Å². The molecule has 0 radical (unpaired) electrons. The largest absolute Gasteiger partial charge is 0.455 e.